The van der Waals surface area contributed by atoms with E-state index in [1.807, 2.05) is 12.1 Å². The third-order valence-corrected chi connectivity index (χ3v) is 6.94. The molecule has 1 aliphatic heterocycles. The molecule has 0 radical (unpaired) electrons. The maximum Gasteiger partial charge on any atom is 0.174 e. The molecule has 0 spiro atoms. The van der Waals surface area contributed by atoms with Gasteiger partial charge >= 0.3 is 0 Å². The van der Waals surface area contributed by atoms with Crippen LogP contribution < -0.4 is 0 Å². The molecule has 8 heteroatoms. The molecule has 1 saturated carbocycles. The van der Waals surface area contributed by atoms with Crippen molar-refractivity contribution in [1.82, 2.24) is 25.1 Å². The largest absolute Gasteiger partial charge is 0.468 e. The molecular weight excluding hydrogens is 386 g/mol. The van der Waals surface area contributed by atoms with Crippen molar-refractivity contribution in [3.63, 3.8) is 0 Å². The topological polar surface area (TPSA) is 69.2 Å². The zero-order valence-electron chi connectivity index (χ0n) is 16.5. The Bertz CT molecular complexity index is 867. The van der Waals surface area contributed by atoms with E-state index in [2.05, 4.69) is 42.6 Å². The lowest BCUT2D eigenvalue weighted by Crippen LogP contribution is -2.37. The molecule has 2 aliphatic rings. The predicted molar refractivity (Wildman–Crippen MR) is 110 cm³/mol. The van der Waals surface area contributed by atoms with Gasteiger partial charge in [0.05, 0.1) is 25.0 Å². The Morgan fingerprint density at radius 2 is 2.10 bits per heavy atom. The molecule has 3 aromatic rings. The molecule has 1 saturated heterocycles. The smallest absolute Gasteiger partial charge is 0.174 e. The Balaban J connectivity index is 1.51. The molecule has 0 unspecified atom stereocenters. The van der Waals surface area contributed by atoms with Crippen LogP contribution in [0.1, 0.15) is 67.1 Å². The minimum Gasteiger partial charge on any atom is -0.468 e. The van der Waals surface area contributed by atoms with Crippen LogP contribution in [0.15, 0.2) is 40.3 Å². The fraction of sp³-hybridized carbons (Fsp3) is 0.571. The highest BCUT2D eigenvalue weighted by atomic mass is 32.1. The van der Waals surface area contributed by atoms with Crippen LogP contribution in [-0.2, 0) is 11.3 Å². The lowest BCUT2D eigenvalue weighted by Gasteiger charge is -2.32. The van der Waals surface area contributed by atoms with Crippen molar-refractivity contribution >= 4 is 11.3 Å². The van der Waals surface area contributed by atoms with Gasteiger partial charge in [-0.25, -0.2) is 4.68 Å². The average Bonchev–Trinajstić information content (AvgIpc) is 3.55. The van der Waals surface area contributed by atoms with E-state index >= 15 is 0 Å². The summed E-state index contributed by atoms with van der Waals surface area (Å²) in [5.41, 5.74) is 0. The molecule has 0 aromatic carbocycles. The summed E-state index contributed by atoms with van der Waals surface area (Å²) < 4.78 is 13.8. The highest BCUT2D eigenvalue weighted by Crippen LogP contribution is 2.36. The molecule has 0 bridgehead atoms. The second-order valence-corrected chi connectivity index (χ2v) is 8.96. The van der Waals surface area contributed by atoms with Gasteiger partial charge in [-0.2, -0.15) is 0 Å². The first-order valence-electron chi connectivity index (χ1n) is 10.6. The molecule has 1 aliphatic carbocycles. The predicted octanol–water partition coefficient (Wildman–Crippen LogP) is 4.21. The van der Waals surface area contributed by atoms with Crippen molar-refractivity contribution in [2.24, 2.45) is 0 Å². The van der Waals surface area contributed by atoms with Crippen molar-refractivity contribution in [1.29, 1.82) is 0 Å². The lowest BCUT2D eigenvalue weighted by molar-refractivity contribution is 0.0549. The molecule has 29 heavy (non-hydrogen) atoms. The summed E-state index contributed by atoms with van der Waals surface area (Å²) in [5, 5.41) is 15.2. The molecule has 5 rings (SSSR count). The van der Waals surface area contributed by atoms with Gasteiger partial charge in [-0.1, -0.05) is 18.9 Å². The van der Waals surface area contributed by atoms with Crippen LogP contribution in [0.4, 0.5) is 0 Å². The Hall–Kier alpha value is -2.03. The Labute approximate surface area is 174 Å². The third kappa shape index (κ3) is 4.15. The third-order valence-electron chi connectivity index (χ3n) is 6.01. The van der Waals surface area contributed by atoms with Crippen molar-refractivity contribution in [3.8, 4) is 0 Å². The van der Waals surface area contributed by atoms with Crippen LogP contribution in [0.3, 0.4) is 0 Å². The van der Waals surface area contributed by atoms with Crippen molar-refractivity contribution in [2.75, 3.05) is 13.2 Å². The van der Waals surface area contributed by atoms with Crippen LogP contribution in [0.5, 0.6) is 0 Å². The summed E-state index contributed by atoms with van der Waals surface area (Å²) in [6.45, 7) is 2.39. The van der Waals surface area contributed by atoms with E-state index in [4.69, 9.17) is 9.15 Å². The monoisotopic (exact) mass is 413 g/mol. The van der Waals surface area contributed by atoms with Crippen LogP contribution in [0, 0.1) is 0 Å². The molecule has 7 nitrogen and oxygen atoms in total. The minimum atomic E-state index is -0.0140. The number of hydrogen-bond acceptors (Lipinski definition) is 7. The summed E-state index contributed by atoms with van der Waals surface area (Å²) in [6.07, 6.45) is 9.00. The van der Waals surface area contributed by atoms with Crippen molar-refractivity contribution in [3.05, 3.63) is 52.4 Å². The number of rotatable bonds is 8. The molecule has 4 heterocycles. The zero-order chi connectivity index (χ0) is 19.5. The van der Waals surface area contributed by atoms with Gasteiger partial charge in [-0.05, 0) is 59.7 Å². The average molecular weight is 414 g/mol. The normalized spacial score (nSPS) is 21.3. The Morgan fingerprint density at radius 1 is 1.17 bits per heavy atom. The molecule has 2 atom stereocenters. The van der Waals surface area contributed by atoms with Gasteiger partial charge in [-0.15, -0.1) is 16.4 Å². The lowest BCUT2D eigenvalue weighted by atomic mass is 10.1. The maximum atomic E-state index is 5.99. The number of hydrogen-bond donors (Lipinski definition) is 0. The highest BCUT2D eigenvalue weighted by molar-refractivity contribution is 7.10. The Morgan fingerprint density at radius 3 is 2.83 bits per heavy atom. The fourth-order valence-corrected chi connectivity index (χ4v) is 5.48. The zero-order valence-corrected chi connectivity index (χ0v) is 17.3. The summed E-state index contributed by atoms with van der Waals surface area (Å²) in [4.78, 5) is 3.68. The molecular formula is C21H27N5O2S. The molecule has 154 valence electrons. The van der Waals surface area contributed by atoms with Crippen molar-refractivity contribution < 1.29 is 9.15 Å². The molecule has 2 fully saturated rings. The molecule has 0 N–H and O–H groups in total. The minimum absolute atomic E-state index is 0.0140. The highest BCUT2D eigenvalue weighted by Gasteiger charge is 2.34. The standard InChI is InChI=1S/C21H27N5O2S/c1-2-7-16(6-1)26-21(22-23-24-26)20(19-10-5-13-29-19)25(14-17-8-3-11-27-17)15-18-9-4-12-28-18/h3,5,8,10-11,13,16,18,20H,1-2,4,6-7,9,12,14-15H2/t18-,20+/m1/s1. The van der Waals surface area contributed by atoms with E-state index in [0.717, 1.165) is 50.4 Å². The van der Waals surface area contributed by atoms with E-state index in [0.29, 0.717) is 12.6 Å². The van der Waals surface area contributed by atoms with Crippen molar-refractivity contribution in [2.45, 2.75) is 63.3 Å². The fourth-order valence-electron chi connectivity index (χ4n) is 4.62. The van der Waals surface area contributed by atoms with E-state index in [1.165, 1.54) is 17.7 Å². The SMILES string of the molecule is c1coc(CN(C[C@H]2CCCO2)[C@@H](c2cccs2)c2nnnn2C2CCCC2)c1. The first-order chi connectivity index (χ1) is 14.4. The summed E-state index contributed by atoms with van der Waals surface area (Å²) >= 11 is 1.76. The van der Waals surface area contributed by atoms with Gasteiger partial charge in [0.25, 0.3) is 0 Å². The van der Waals surface area contributed by atoms with Gasteiger partial charge in [0.1, 0.15) is 11.8 Å². The number of nitrogens with zero attached hydrogens (tertiary/aromatic N) is 5. The number of ether oxygens (including phenoxy) is 1. The van der Waals surface area contributed by atoms with Crippen LogP contribution >= 0.6 is 11.3 Å². The van der Waals surface area contributed by atoms with Gasteiger partial charge < -0.3 is 9.15 Å². The van der Waals surface area contributed by atoms with E-state index in [9.17, 15) is 0 Å². The summed E-state index contributed by atoms with van der Waals surface area (Å²) in [5.74, 6) is 1.88. The number of tetrazole rings is 1. The molecule has 3 aromatic heterocycles. The van der Waals surface area contributed by atoms with E-state index in [-0.39, 0.29) is 12.1 Å². The molecule has 0 amide bonds. The first kappa shape index (κ1) is 19.0. The van der Waals surface area contributed by atoms with Crippen LogP contribution in [-0.4, -0.2) is 44.4 Å². The summed E-state index contributed by atoms with van der Waals surface area (Å²) in [7, 11) is 0. The summed E-state index contributed by atoms with van der Waals surface area (Å²) in [6, 6.07) is 8.66. The number of aromatic nitrogens is 4. The van der Waals surface area contributed by atoms with Crippen LogP contribution in [0.2, 0.25) is 0 Å². The first-order valence-corrected chi connectivity index (χ1v) is 11.5. The quantitative estimate of drug-likeness (QED) is 0.551. The van der Waals surface area contributed by atoms with E-state index < -0.39 is 0 Å². The second kappa shape index (κ2) is 8.77. The Kier molecular flexibility index (Phi) is 5.73. The maximum absolute atomic E-state index is 5.99. The number of furan rings is 1. The van der Waals surface area contributed by atoms with Crippen LogP contribution in [0.25, 0.3) is 0 Å². The van der Waals surface area contributed by atoms with Gasteiger partial charge in [-0.3, -0.25) is 4.90 Å². The van der Waals surface area contributed by atoms with Gasteiger partial charge in [0, 0.05) is 18.0 Å². The van der Waals surface area contributed by atoms with E-state index in [1.54, 1.807) is 17.6 Å². The van der Waals surface area contributed by atoms with Gasteiger partial charge in [0.2, 0.25) is 0 Å². The van der Waals surface area contributed by atoms with Gasteiger partial charge in [0.15, 0.2) is 5.82 Å². The second-order valence-electron chi connectivity index (χ2n) is 7.98. The number of thiophene rings is 1.